The number of nitrogens with one attached hydrogen (secondary N) is 1. The minimum atomic E-state index is 0. The zero-order valence-electron chi connectivity index (χ0n) is 13.7. The number of nitrogens with zero attached hydrogens (tertiary/aromatic N) is 4. The van der Waals surface area contributed by atoms with Crippen molar-refractivity contribution in [2.45, 2.75) is 19.5 Å². The second kappa shape index (κ2) is 7.30. The summed E-state index contributed by atoms with van der Waals surface area (Å²) in [6, 6.07) is 10.8. The largest absolute Gasteiger partial charge is 0.314 e. The number of hydrogen-bond donors (Lipinski definition) is 1. The van der Waals surface area contributed by atoms with E-state index in [1.54, 1.807) is 0 Å². The standard InChI is InChI=1S/C18H21N5.ClH/c1-14-4-2-6-18-21-11-16(23(14)18)13-22-9-8-20-12-17(22)15-5-3-7-19-10-15;/h2-7,10-11,17,20H,8-9,12-13H2,1H3;1H. The van der Waals surface area contributed by atoms with Crippen molar-refractivity contribution in [3.63, 3.8) is 0 Å². The molecule has 4 rings (SSSR count). The molecule has 3 aromatic heterocycles. The summed E-state index contributed by atoms with van der Waals surface area (Å²) in [7, 11) is 0. The molecule has 1 aliphatic rings. The van der Waals surface area contributed by atoms with Gasteiger partial charge in [0, 0.05) is 50.3 Å². The molecular weight excluding hydrogens is 322 g/mol. The minimum absolute atomic E-state index is 0. The molecular formula is C18H22ClN5. The molecule has 1 aliphatic heterocycles. The number of halogens is 1. The maximum Gasteiger partial charge on any atom is 0.137 e. The predicted molar refractivity (Wildman–Crippen MR) is 97.4 cm³/mol. The van der Waals surface area contributed by atoms with Gasteiger partial charge in [-0.25, -0.2) is 4.98 Å². The van der Waals surface area contributed by atoms with Gasteiger partial charge in [-0.2, -0.15) is 0 Å². The number of rotatable bonds is 3. The summed E-state index contributed by atoms with van der Waals surface area (Å²) in [5.74, 6) is 0. The third-order valence-electron chi connectivity index (χ3n) is 4.59. The van der Waals surface area contributed by atoms with Gasteiger partial charge in [0.05, 0.1) is 11.9 Å². The Labute approximate surface area is 148 Å². The van der Waals surface area contributed by atoms with E-state index >= 15 is 0 Å². The third-order valence-corrected chi connectivity index (χ3v) is 4.59. The molecule has 0 amide bonds. The van der Waals surface area contributed by atoms with E-state index in [2.05, 4.69) is 55.8 Å². The molecule has 1 saturated heterocycles. The fraction of sp³-hybridized carbons (Fsp3) is 0.333. The molecule has 1 fully saturated rings. The van der Waals surface area contributed by atoms with Crippen LogP contribution in [-0.4, -0.2) is 38.9 Å². The molecule has 24 heavy (non-hydrogen) atoms. The summed E-state index contributed by atoms with van der Waals surface area (Å²) < 4.78 is 2.25. The number of hydrogen-bond acceptors (Lipinski definition) is 4. The molecule has 1 unspecified atom stereocenters. The van der Waals surface area contributed by atoms with Crippen LogP contribution in [0.15, 0.2) is 48.9 Å². The Morgan fingerprint density at radius 3 is 2.96 bits per heavy atom. The van der Waals surface area contributed by atoms with Gasteiger partial charge in [-0.15, -0.1) is 12.4 Å². The van der Waals surface area contributed by atoms with Crippen molar-refractivity contribution in [3.8, 4) is 0 Å². The highest BCUT2D eigenvalue weighted by atomic mass is 35.5. The van der Waals surface area contributed by atoms with E-state index in [1.807, 2.05) is 24.7 Å². The van der Waals surface area contributed by atoms with Crippen LogP contribution in [0.1, 0.15) is 23.0 Å². The topological polar surface area (TPSA) is 45.5 Å². The maximum absolute atomic E-state index is 4.55. The van der Waals surface area contributed by atoms with Crippen LogP contribution in [0.5, 0.6) is 0 Å². The quantitative estimate of drug-likeness (QED) is 0.794. The number of fused-ring (bicyclic) bond motifs is 1. The van der Waals surface area contributed by atoms with Gasteiger partial charge in [-0.1, -0.05) is 12.1 Å². The van der Waals surface area contributed by atoms with Gasteiger partial charge in [-0.05, 0) is 30.7 Å². The van der Waals surface area contributed by atoms with Gasteiger partial charge >= 0.3 is 0 Å². The Balaban J connectivity index is 0.00000169. The molecule has 5 nitrogen and oxygen atoms in total. The van der Waals surface area contributed by atoms with E-state index in [0.29, 0.717) is 6.04 Å². The lowest BCUT2D eigenvalue weighted by Crippen LogP contribution is -2.45. The Morgan fingerprint density at radius 2 is 2.12 bits per heavy atom. The van der Waals surface area contributed by atoms with E-state index in [4.69, 9.17) is 0 Å². The van der Waals surface area contributed by atoms with Gasteiger partial charge in [0.15, 0.2) is 0 Å². The van der Waals surface area contributed by atoms with Crippen molar-refractivity contribution in [1.29, 1.82) is 0 Å². The van der Waals surface area contributed by atoms with Gasteiger partial charge < -0.3 is 9.72 Å². The molecule has 0 spiro atoms. The van der Waals surface area contributed by atoms with Gasteiger partial charge in [-0.3, -0.25) is 9.88 Å². The molecule has 1 N–H and O–H groups in total. The number of imidazole rings is 1. The zero-order chi connectivity index (χ0) is 15.6. The average Bonchev–Trinajstić information content (AvgIpc) is 3.01. The summed E-state index contributed by atoms with van der Waals surface area (Å²) in [4.78, 5) is 11.4. The Hall–Kier alpha value is -1.95. The van der Waals surface area contributed by atoms with Crippen LogP contribution in [0, 0.1) is 6.92 Å². The smallest absolute Gasteiger partial charge is 0.137 e. The van der Waals surface area contributed by atoms with Crippen LogP contribution in [0.3, 0.4) is 0 Å². The minimum Gasteiger partial charge on any atom is -0.314 e. The predicted octanol–water partition coefficient (Wildman–Crippen LogP) is 2.61. The van der Waals surface area contributed by atoms with Crippen LogP contribution in [0.25, 0.3) is 5.65 Å². The summed E-state index contributed by atoms with van der Waals surface area (Å²) >= 11 is 0. The van der Waals surface area contributed by atoms with Crippen LogP contribution in [-0.2, 0) is 6.54 Å². The first-order chi connectivity index (χ1) is 11.3. The van der Waals surface area contributed by atoms with E-state index in [9.17, 15) is 0 Å². The summed E-state index contributed by atoms with van der Waals surface area (Å²) in [6.45, 7) is 6.04. The second-order valence-electron chi connectivity index (χ2n) is 6.09. The summed E-state index contributed by atoms with van der Waals surface area (Å²) in [5, 5.41) is 3.50. The van der Waals surface area contributed by atoms with Crippen LogP contribution in [0.4, 0.5) is 0 Å². The lowest BCUT2D eigenvalue weighted by atomic mass is 10.1. The number of aryl methyl sites for hydroxylation is 1. The fourth-order valence-electron chi connectivity index (χ4n) is 3.43. The van der Waals surface area contributed by atoms with Crippen molar-refractivity contribution in [2.24, 2.45) is 0 Å². The molecule has 3 aromatic rings. The molecule has 4 heterocycles. The molecule has 0 aliphatic carbocycles. The monoisotopic (exact) mass is 343 g/mol. The fourth-order valence-corrected chi connectivity index (χ4v) is 3.43. The van der Waals surface area contributed by atoms with E-state index in [1.165, 1.54) is 17.0 Å². The molecule has 0 radical (unpaired) electrons. The first-order valence-electron chi connectivity index (χ1n) is 8.09. The Morgan fingerprint density at radius 1 is 1.21 bits per heavy atom. The molecule has 0 bridgehead atoms. The van der Waals surface area contributed by atoms with Gasteiger partial charge in [0.1, 0.15) is 5.65 Å². The van der Waals surface area contributed by atoms with Crippen LogP contribution >= 0.6 is 12.4 Å². The van der Waals surface area contributed by atoms with Crippen LogP contribution < -0.4 is 5.32 Å². The first-order valence-corrected chi connectivity index (χ1v) is 8.09. The van der Waals surface area contributed by atoms with E-state index in [-0.39, 0.29) is 12.4 Å². The highest BCUT2D eigenvalue weighted by molar-refractivity contribution is 5.85. The van der Waals surface area contributed by atoms with Crippen molar-refractivity contribution in [1.82, 2.24) is 24.6 Å². The van der Waals surface area contributed by atoms with Crippen LogP contribution in [0.2, 0.25) is 0 Å². The Kier molecular flexibility index (Phi) is 5.14. The molecule has 126 valence electrons. The Bertz CT molecular complexity index is 802. The third kappa shape index (κ3) is 3.15. The maximum atomic E-state index is 4.55. The normalized spacial score (nSPS) is 18.5. The average molecular weight is 344 g/mol. The summed E-state index contributed by atoms with van der Waals surface area (Å²) in [5.41, 5.74) is 4.76. The number of pyridine rings is 2. The van der Waals surface area contributed by atoms with Gasteiger partial charge in [0.2, 0.25) is 0 Å². The lowest BCUT2D eigenvalue weighted by molar-refractivity contribution is 0.151. The van der Waals surface area contributed by atoms with Crippen molar-refractivity contribution < 1.29 is 0 Å². The second-order valence-corrected chi connectivity index (χ2v) is 6.09. The SMILES string of the molecule is Cc1cccc2ncc(CN3CCNCC3c3cccnc3)n12.Cl. The number of aromatic nitrogens is 3. The molecule has 0 saturated carbocycles. The molecule has 1 atom stereocenters. The number of piperazine rings is 1. The molecule has 6 heteroatoms. The van der Waals surface area contributed by atoms with Crippen molar-refractivity contribution in [2.75, 3.05) is 19.6 Å². The zero-order valence-corrected chi connectivity index (χ0v) is 14.5. The van der Waals surface area contributed by atoms with Crippen molar-refractivity contribution >= 4 is 18.1 Å². The van der Waals surface area contributed by atoms with Crippen molar-refractivity contribution in [3.05, 3.63) is 65.9 Å². The highest BCUT2D eigenvalue weighted by Crippen LogP contribution is 2.24. The lowest BCUT2D eigenvalue weighted by Gasteiger charge is -2.36. The summed E-state index contributed by atoms with van der Waals surface area (Å²) in [6.07, 6.45) is 5.81. The van der Waals surface area contributed by atoms with E-state index in [0.717, 1.165) is 31.8 Å². The molecule has 0 aromatic carbocycles. The highest BCUT2D eigenvalue weighted by Gasteiger charge is 2.24. The van der Waals surface area contributed by atoms with E-state index < -0.39 is 0 Å². The first kappa shape index (κ1) is 16.9. The van der Waals surface area contributed by atoms with Gasteiger partial charge in [0.25, 0.3) is 0 Å².